The van der Waals surface area contributed by atoms with Crippen LogP contribution in [0.5, 0.6) is 0 Å². The van der Waals surface area contributed by atoms with Gasteiger partial charge in [-0.05, 0) is 25.1 Å². The summed E-state index contributed by atoms with van der Waals surface area (Å²) >= 11 is 8.79. The molecule has 2 heterocycles. The maximum Gasteiger partial charge on any atom is 0.268 e. The molecular formula is C17H18ClN3O2S2. The van der Waals surface area contributed by atoms with Gasteiger partial charge in [0.2, 0.25) is 5.91 Å². The molecule has 0 saturated heterocycles. The maximum absolute atomic E-state index is 12.6. The number of nitrogens with one attached hydrogen (secondary N) is 1. The number of carbonyl (C=O) groups is 1. The first-order valence-electron chi connectivity index (χ1n) is 7.96. The number of amides is 1. The van der Waals surface area contributed by atoms with Gasteiger partial charge in [-0.15, -0.1) is 11.8 Å². The van der Waals surface area contributed by atoms with E-state index in [1.54, 1.807) is 40.6 Å². The number of benzene rings is 1. The van der Waals surface area contributed by atoms with Crippen LogP contribution in [0.3, 0.4) is 0 Å². The molecule has 0 fully saturated rings. The minimum atomic E-state index is -0.160. The normalized spacial score (nSPS) is 15.9. The summed E-state index contributed by atoms with van der Waals surface area (Å²) in [5.74, 6) is 0.0212. The van der Waals surface area contributed by atoms with Gasteiger partial charge in [-0.25, -0.2) is 4.98 Å². The number of rotatable bonds is 5. The first kappa shape index (κ1) is 18.4. The molecule has 0 bridgehead atoms. The third kappa shape index (κ3) is 4.22. The summed E-state index contributed by atoms with van der Waals surface area (Å²) in [6, 6.07) is 7.00. The number of anilines is 1. The number of thioether (sulfide) groups is 2. The van der Waals surface area contributed by atoms with E-state index in [4.69, 9.17) is 11.6 Å². The predicted molar refractivity (Wildman–Crippen MR) is 104 cm³/mol. The van der Waals surface area contributed by atoms with Crippen molar-refractivity contribution in [2.75, 3.05) is 11.1 Å². The zero-order valence-corrected chi connectivity index (χ0v) is 16.3. The summed E-state index contributed by atoms with van der Waals surface area (Å²) in [6.45, 7) is 4.54. The smallest absolute Gasteiger partial charge is 0.268 e. The average molecular weight is 396 g/mol. The summed E-state index contributed by atoms with van der Waals surface area (Å²) in [5.41, 5.74) is 1.50. The molecular weight excluding hydrogens is 378 g/mol. The molecule has 5 nitrogen and oxygen atoms in total. The molecule has 2 aromatic rings. The first-order chi connectivity index (χ1) is 12.0. The minimum absolute atomic E-state index is 0.000371. The number of aromatic nitrogens is 2. The van der Waals surface area contributed by atoms with E-state index in [1.165, 1.54) is 11.8 Å². The van der Waals surface area contributed by atoms with Crippen molar-refractivity contribution in [3.05, 3.63) is 45.3 Å². The second kappa shape index (κ2) is 7.85. The van der Waals surface area contributed by atoms with Gasteiger partial charge in [-0.2, -0.15) is 0 Å². The molecule has 1 aromatic carbocycles. The van der Waals surface area contributed by atoms with Gasteiger partial charge in [0.15, 0.2) is 5.16 Å². The Bertz CT molecular complexity index is 869. The lowest BCUT2D eigenvalue weighted by Crippen LogP contribution is -2.25. The van der Waals surface area contributed by atoms with Crippen molar-refractivity contribution in [3.8, 4) is 0 Å². The number of nitrogens with zero attached hydrogens (tertiary/aromatic N) is 2. The van der Waals surface area contributed by atoms with Crippen molar-refractivity contribution in [1.82, 2.24) is 9.55 Å². The molecule has 0 aliphatic carbocycles. The van der Waals surface area contributed by atoms with Crippen molar-refractivity contribution in [3.63, 3.8) is 0 Å². The summed E-state index contributed by atoms with van der Waals surface area (Å²) in [4.78, 5) is 30.2. The molecule has 1 N–H and O–H groups in total. The van der Waals surface area contributed by atoms with Crippen LogP contribution < -0.4 is 10.9 Å². The Balaban J connectivity index is 1.73. The van der Waals surface area contributed by atoms with Crippen LogP contribution in [0, 0.1) is 0 Å². The number of fused-ring (bicyclic) bond motifs is 1. The SMILES string of the molecule is CCn1c(SCC(=O)Nc2cccc(Cl)c2)nc2c(c1=O)SC(C)C2. The second-order valence-corrected chi connectivity index (χ2v) is 8.53. The van der Waals surface area contributed by atoms with Gasteiger partial charge in [0.25, 0.3) is 5.56 Å². The zero-order chi connectivity index (χ0) is 18.0. The fourth-order valence-electron chi connectivity index (χ4n) is 2.61. The van der Waals surface area contributed by atoms with E-state index < -0.39 is 0 Å². The van der Waals surface area contributed by atoms with Crippen LogP contribution in [0.1, 0.15) is 19.5 Å². The van der Waals surface area contributed by atoms with E-state index >= 15 is 0 Å². The summed E-state index contributed by atoms with van der Waals surface area (Å²) in [5, 5.41) is 4.33. The molecule has 3 rings (SSSR count). The van der Waals surface area contributed by atoms with Crippen molar-refractivity contribution in [2.24, 2.45) is 0 Å². The molecule has 0 radical (unpaired) electrons. The minimum Gasteiger partial charge on any atom is -0.325 e. The van der Waals surface area contributed by atoms with Crippen molar-refractivity contribution >= 4 is 46.7 Å². The Morgan fingerprint density at radius 1 is 1.52 bits per heavy atom. The number of halogens is 1. The molecule has 1 atom stereocenters. The largest absolute Gasteiger partial charge is 0.325 e. The number of carbonyl (C=O) groups excluding carboxylic acids is 1. The third-order valence-electron chi connectivity index (χ3n) is 3.72. The number of hydrogen-bond acceptors (Lipinski definition) is 5. The molecule has 0 saturated carbocycles. The molecule has 1 unspecified atom stereocenters. The molecule has 1 aliphatic heterocycles. The highest BCUT2D eigenvalue weighted by molar-refractivity contribution is 8.00. The van der Waals surface area contributed by atoms with E-state index in [0.29, 0.717) is 27.7 Å². The van der Waals surface area contributed by atoms with E-state index in [-0.39, 0.29) is 17.2 Å². The van der Waals surface area contributed by atoms with Crippen LogP contribution in [0.15, 0.2) is 39.1 Å². The molecule has 1 aromatic heterocycles. The predicted octanol–water partition coefficient (Wildman–Crippen LogP) is 3.68. The van der Waals surface area contributed by atoms with Crippen LogP contribution in [-0.2, 0) is 17.8 Å². The van der Waals surface area contributed by atoms with Crippen molar-refractivity contribution in [1.29, 1.82) is 0 Å². The van der Waals surface area contributed by atoms with E-state index in [2.05, 4.69) is 17.2 Å². The Kier molecular flexibility index (Phi) is 5.76. The molecule has 0 spiro atoms. The van der Waals surface area contributed by atoms with Gasteiger partial charge in [-0.1, -0.05) is 36.4 Å². The van der Waals surface area contributed by atoms with Gasteiger partial charge >= 0.3 is 0 Å². The second-order valence-electron chi connectivity index (χ2n) is 5.70. The molecule has 132 valence electrons. The van der Waals surface area contributed by atoms with Crippen molar-refractivity contribution < 1.29 is 4.79 Å². The van der Waals surface area contributed by atoms with E-state index in [1.807, 2.05) is 6.92 Å². The summed E-state index contributed by atoms with van der Waals surface area (Å²) in [6.07, 6.45) is 0.794. The van der Waals surface area contributed by atoms with Crippen LogP contribution in [-0.4, -0.2) is 26.5 Å². The van der Waals surface area contributed by atoms with Gasteiger partial charge in [0, 0.05) is 28.9 Å². The quantitative estimate of drug-likeness (QED) is 0.618. The highest BCUT2D eigenvalue weighted by Gasteiger charge is 2.26. The Labute approximate surface area is 159 Å². The van der Waals surface area contributed by atoms with Gasteiger partial charge in [-0.3, -0.25) is 14.2 Å². The van der Waals surface area contributed by atoms with Crippen LogP contribution in [0.25, 0.3) is 0 Å². The first-order valence-corrected chi connectivity index (χ1v) is 10.2. The average Bonchev–Trinajstić information content (AvgIpc) is 2.94. The Morgan fingerprint density at radius 2 is 2.32 bits per heavy atom. The highest BCUT2D eigenvalue weighted by Crippen LogP contribution is 2.34. The van der Waals surface area contributed by atoms with E-state index in [0.717, 1.165) is 17.0 Å². The van der Waals surface area contributed by atoms with Crippen LogP contribution in [0.2, 0.25) is 5.02 Å². The zero-order valence-electron chi connectivity index (χ0n) is 13.9. The summed E-state index contributed by atoms with van der Waals surface area (Å²) < 4.78 is 1.64. The van der Waals surface area contributed by atoms with Crippen LogP contribution >= 0.6 is 35.1 Å². The Morgan fingerprint density at radius 3 is 3.04 bits per heavy atom. The molecule has 1 amide bonds. The molecule has 25 heavy (non-hydrogen) atoms. The maximum atomic E-state index is 12.6. The lowest BCUT2D eigenvalue weighted by molar-refractivity contribution is -0.113. The monoisotopic (exact) mass is 395 g/mol. The standard InChI is InChI=1S/C17H18ClN3O2S2/c1-3-21-16(23)15-13(7-10(2)25-15)20-17(21)24-9-14(22)19-12-6-4-5-11(18)8-12/h4-6,8,10H,3,7,9H2,1-2H3,(H,19,22). The lowest BCUT2D eigenvalue weighted by Gasteiger charge is -2.11. The van der Waals surface area contributed by atoms with Gasteiger partial charge in [0.1, 0.15) is 0 Å². The fourth-order valence-corrected chi connectivity index (χ4v) is 4.80. The van der Waals surface area contributed by atoms with Gasteiger partial charge in [0.05, 0.1) is 16.3 Å². The highest BCUT2D eigenvalue weighted by atomic mass is 35.5. The molecule has 1 aliphatic rings. The van der Waals surface area contributed by atoms with Crippen LogP contribution in [0.4, 0.5) is 5.69 Å². The Hall–Kier alpha value is -1.44. The fraction of sp³-hybridized carbons (Fsp3) is 0.353. The summed E-state index contributed by atoms with van der Waals surface area (Å²) in [7, 11) is 0. The van der Waals surface area contributed by atoms with Crippen molar-refractivity contribution in [2.45, 2.75) is 42.1 Å². The van der Waals surface area contributed by atoms with E-state index in [9.17, 15) is 9.59 Å². The number of hydrogen-bond donors (Lipinski definition) is 1. The molecule has 8 heteroatoms. The topological polar surface area (TPSA) is 64.0 Å². The lowest BCUT2D eigenvalue weighted by atomic mass is 10.2. The third-order valence-corrected chi connectivity index (χ3v) is 6.15. The van der Waals surface area contributed by atoms with Gasteiger partial charge < -0.3 is 5.32 Å².